The Morgan fingerprint density at radius 3 is 2.55 bits per heavy atom. The first-order chi connectivity index (χ1) is 9.65. The Hall–Kier alpha value is -2.10. The standard InChI is InChI=1S/C16H21N3O/c1-5-13-9-7-8-10-14(13)20-16-11(3)15(17-6-2)18-12(4)19-16/h7-10H,5-6H2,1-4H3,(H,17,18,19). The molecule has 0 aliphatic rings. The first-order valence-electron chi connectivity index (χ1n) is 7.00. The molecule has 20 heavy (non-hydrogen) atoms. The lowest BCUT2D eigenvalue weighted by Crippen LogP contribution is -2.06. The fourth-order valence-electron chi connectivity index (χ4n) is 2.04. The molecule has 0 saturated carbocycles. The number of benzene rings is 1. The number of aryl methyl sites for hydroxylation is 2. The van der Waals surface area contributed by atoms with Crippen LogP contribution >= 0.6 is 0 Å². The van der Waals surface area contributed by atoms with Gasteiger partial charge in [-0.1, -0.05) is 25.1 Å². The van der Waals surface area contributed by atoms with Crippen molar-refractivity contribution in [2.24, 2.45) is 0 Å². The number of rotatable bonds is 5. The fourth-order valence-corrected chi connectivity index (χ4v) is 2.04. The van der Waals surface area contributed by atoms with Crippen LogP contribution in [0.4, 0.5) is 5.82 Å². The summed E-state index contributed by atoms with van der Waals surface area (Å²) in [7, 11) is 0. The highest BCUT2D eigenvalue weighted by Crippen LogP contribution is 2.29. The highest BCUT2D eigenvalue weighted by atomic mass is 16.5. The molecule has 1 heterocycles. The number of ether oxygens (including phenoxy) is 1. The predicted molar refractivity (Wildman–Crippen MR) is 81.6 cm³/mol. The van der Waals surface area contributed by atoms with Crippen molar-refractivity contribution in [3.8, 4) is 11.6 Å². The van der Waals surface area contributed by atoms with E-state index in [9.17, 15) is 0 Å². The second-order valence-electron chi connectivity index (χ2n) is 4.64. The van der Waals surface area contributed by atoms with Gasteiger partial charge in [0.15, 0.2) is 0 Å². The van der Waals surface area contributed by atoms with Crippen LogP contribution in [0.2, 0.25) is 0 Å². The van der Waals surface area contributed by atoms with Crippen LogP contribution < -0.4 is 10.1 Å². The molecule has 2 aromatic rings. The zero-order chi connectivity index (χ0) is 14.5. The van der Waals surface area contributed by atoms with Gasteiger partial charge in [0.05, 0.1) is 5.56 Å². The van der Waals surface area contributed by atoms with Gasteiger partial charge in [-0.25, -0.2) is 4.98 Å². The maximum absolute atomic E-state index is 6.01. The van der Waals surface area contributed by atoms with Gasteiger partial charge in [-0.15, -0.1) is 0 Å². The van der Waals surface area contributed by atoms with Crippen LogP contribution in [0.15, 0.2) is 24.3 Å². The van der Waals surface area contributed by atoms with Crippen LogP contribution in [-0.4, -0.2) is 16.5 Å². The maximum Gasteiger partial charge on any atom is 0.227 e. The lowest BCUT2D eigenvalue weighted by Gasteiger charge is -2.14. The maximum atomic E-state index is 6.01. The first kappa shape index (κ1) is 14.3. The molecule has 0 fully saturated rings. The van der Waals surface area contributed by atoms with Crippen molar-refractivity contribution in [2.45, 2.75) is 34.1 Å². The SMILES string of the molecule is CCNc1nc(C)nc(Oc2ccccc2CC)c1C. The molecule has 1 aromatic carbocycles. The van der Waals surface area contributed by atoms with E-state index in [1.54, 1.807) is 0 Å². The summed E-state index contributed by atoms with van der Waals surface area (Å²) in [5, 5.41) is 3.24. The highest BCUT2D eigenvalue weighted by molar-refractivity contribution is 5.50. The molecule has 0 aliphatic carbocycles. The second kappa shape index (κ2) is 6.37. The summed E-state index contributed by atoms with van der Waals surface area (Å²) in [6.45, 7) is 8.83. The summed E-state index contributed by atoms with van der Waals surface area (Å²) in [6, 6.07) is 8.05. The van der Waals surface area contributed by atoms with Crippen LogP contribution in [0.3, 0.4) is 0 Å². The molecule has 1 N–H and O–H groups in total. The molecule has 4 heteroatoms. The van der Waals surface area contributed by atoms with Gasteiger partial charge >= 0.3 is 0 Å². The molecular formula is C16H21N3O. The van der Waals surface area contributed by atoms with Gasteiger partial charge < -0.3 is 10.1 Å². The van der Waals surface area contributed by atoms with Gasteiger partial charge in [0.2, 0.25) is 5.88 Å². The van der Waals surface area contributed by atoms with Gasteiger partial charge in [-0.3, -0.25) is 0 Å². The van der Waals surface area contributed by atoms with Gasteiger partial charge in [-0.2, -0.15) is 4.98 Å². The Kier molecular flexibility index (Phi) is 4.56. The number of anilines is 1. The molecule has 0 aliphatic heterocycles. The Morgan fingerprint density at radius 2 is 1.85 bits per heavy atom. The van der Waals surface area contributed by atoms with Gasteiger partial charge in [0.25, 0.3) is 0 Å². The van der Waals surface area contributed by atoms with E-state index in [2.05, 4.69) is 28.3 Å². The number of nitrogens with zero attached hydrogens (tertiary/aromatic N) is 2. The molecule has 0 radical (unpaired) electrons. The molecule has 0 unspecified atom stereocenters. The van der Waals surface area contributed by atoms with Crippen LogP contribution in [-0.2, 0) is 6.42 Å². The monoisotopic (exact) mass is 271 g/mol. The van der Waals surface area contributed by atoms with Crippen LogP contribution in [0.5, 0.6) is 11.6 Å². The molecule has 0 spiro atoms. The Labute approximate surface area is 120 Å². The smallest absolute Gasteiger partial charge is 0.227 e. The topological polar surface area (TPSA) is 47.0 Å². The molecule has 106 valence electrons. The van der Waals surface area contributed by atoms with Gasteiger partial charge in [-0.05, 0) is 38.8 Å². The van der Waals surface area contributed by atoms with E-state index in [-0.39, 0.29) is 0 Å². The molecular weight excluding hydrogens is 250 g/mol. The molecule has 2 rings (SSSR count). The number of aromatic nitrogens is 2. The van der Waals surface area contributed by atoms with E-state index in [1.165, 1.54) is 5.56 Å². The number of hydrogen-bond acceptors (Lipinski definition) is 4. The van der Waals surface area contributed by atoms with Crippen molar-refractivity contribution in [1.82, 2.24) is 9.97 Å². The molecule has 0 bridgehead atoms. The van der Waals surface area contributed by atoms with Crippen molar-refractivity contribution in [1.29, 1.82) is 0 Å². The third-order valence-corrected chi connectivity index (χ3v) is 3.12. The van der Waals surface area contributed by atoms with Gasteiger partial charge in [0.1, 0.15) is 17.4 Å². The van der Waals surface area contributed by atoms with E-state index in [0.717, 1.165) is 30.1 Å². The second-order valence-corrected chi connectivity index (χ2v) is 4.64. The van der Waals surface area contributed by atoms with E-state index in [0.29, 0.717) is 11.7 Å². The molecule has 1 aromatic heterocycles. The summed E-state index contributed by atoms with van der Waals surface area (Å²) in [6.07, 6.45) is 0.930. The fraction of sp³-hybridized carbons (Fsp3) is 0.375. The third kappa shape index (κ3) is 3.07. The van der Waals surface area contributed by atoms with Crippen molar-refractivity contribution in [3.05, 3.63) is 41.2 Å². The van der Waals surface area contributed by atoms with Crippen LogP contribution in [0.25, 0.3) is 0 Å². The van der Waals surface area contributed by atoms with E-state index in [4.69, 9.17) is 4.74 Å². The lowest BCUT2D eigenvalue weighted by molar-refractivity contribution is 0.451. The van der Waals surface area contributed by atoms with Gasteiger partial charge in [0, 0.05) is 6.54 Å². The zero-order valence-corrected chi connectivity index (χ0v) is 12.5. The third-order valence-electron chi connectivity index (χ3n) is 3.12. The van der Waals surface area contributed by atoms with E-state index < -0.39 is 0 Å². The largest absolute Gasteiger partial charge is 0.438 e. The predicted octanol–water partition coefficient (Wildman–Crippen LogP) is 3.88. The number of hydrogen-bond donors (Lipinski definition) is 1. The quantitative estimate of drug-likeness (QED) is 0.896. The average molecular weight is 271 g/mol. The summed E-state index contributed by atoms with van der Waals surface area (Å²) in [4.78, 5) is 8.82. The van der Waals surface area contributed by atoms with Crippen molar-refractivity contribution < 1.29 is 4.74 Å². The van der Waals surface area contributed by atoms with Crippen molar-refractivity contribution in [2.75, 3.05) is 11.9 Å². The molecule has 0 amide bonds. The highest BCUT2D eigenvalue weighted by Gasteiger charge is 2.12. The summed E-state index contributed by atoms with van der Waals surface area (Å²) in [5.74, 6) is 3.02. The number of para-hydroxylation sites is 1. The first-order valence-corrected chi connectivity index (χ1v) is 7.00. The normalized spacial score (nSPS) is 10.4. The number of nitrogens with one attached hydrogen (secondary N) is 1. The lowest BCUT2D eigenvalue weighted by atomic mass is 10.1. The summed E-state index contributed by atoms with van der Waals surface area (Å²) in [5.41, 5.74) is 2.11. The molecule has 0 atom stereocenters. The van der Waals surface area contributed by atoms with Crippen molar-refractivity contribution in [3.63, 3.8) is 0 Å². The minimum absolute atomic E-state index is 0.620. The van der Waals surface area contributed by atoms with Crippen LogP contribution in [0.1, 0.15) is 30.8 Å². The summed E-state index contributed by atoms with van der Waals surface area (Å²) >= 11 is 0. The summed E-state index contributed by atoms with van der Waals surface area (Å²) < 4.78 is 6.01. The van der Waals surface area contributed by atoms with E-state index in [1.807, 2.05) is 39.0 Å². The molecule has 4 nitrogen and oxygen atoms in total. The minimum atomic E-state index is 0.620. The molecule has 0 saturated heterocycles. The Balaban J connectivity index is 2.38. The Bertz CT molecular complexity index is 596. The Morgan fingerprint density at radius 1 is 1.10 bits per heavy atom. The van der Waals surface area contributed by atoms with Crippen LogP contribution in [0, 0.1) is 13.8 Å². The van der Waals surface area contributed by atoms with Crippen molar-refractivity contribution >= 4 is 5.82 Å². The van der Waals surface area contributed by atoms with E-state index >= 15 is 0 Å². The zero-order valence-electron chi connectivity index (χ0n) is 12.5. The average Bonchev–Trinajstić information content (AvgIpc) is 2.44. The minimum Gasteiger partial charge on any atom is -0.438 e.